The Hall–Kier alpha value is -4.36. The number of aliphatic hydroxyl groups excluding tert-OH is 1. The number of hydrogen-bond donors (Lipinski definition) is 1. The van der Waals surface area contributed by atoms with Gasteiger partial charge in [0.1, 0.15) is 41.9 Å². The first-order chi connectivity index (χ1) is 17.2. The lowest BCUT2D eigenvalue weighted by Gasteiger charge is -2.07. The summed E-state index contributed by atoms with van der Waals surface area (Å²) in [6.45, 7) is 2.09. The lowest BCUT2D eigenvalue weighted by Crippen LogP contribution is -1.99. The smallest absolute Gasteiger partial charge is 0.226 e. The van der Waals surface area contributed by atoms with E-state index in [2.05, 4.69) is 9.97 Å². The van der Waals surface area contributed by atoms with E-state index in [9.17, 15) is 5.11 Å². The second-order valence-corrected chi connectivity index (χ2v) is 7.85. The molecule has 0 radical (unpaired) electrons. The lowest BCUT2D eigenvalue weighted by molar-refractivity contribution is 0.248. The average Bonchev–Trinajstić information content (AvgIpc) is 3.51. The highest BCUT2D eigenvalue weighted by molar-refractivity contribution is 5.54. The molecule has 0 saturated carbocycles. The van der Waals surface area contributed by atoms with E-state index in [1.165, 1.54) is 0 Å². The van der Waals surface area contributed by atoms with Crippen LogP contribution in [0.15, 0.2) is 93.8 Å². The Kier molecular flexibility index (Phi) is 6.59. The summed E-state index contributed by atoms with van der Waals surface area (Å²) in [4.78, 5) is 8.94. The Balaban J connectivity index is 1.19. The molecular formula is C28H24N2O5. The monoisotopic (exact) mass is 468 g/mol. The van der Waals surface area contributed by atoms with E-state index < -0.39 is 0 Å². The molecule has 1 N–H and O–H groups in total. The van der Waals surface area contributed by atoms with Gasteiger partial charge in [0.25, 0.3) is 0 Å². The zero-order chi connectivity index (χ0) is 24.0. The van der Waals surface area contributed by atoms with E-state index in [4.69, 9.17) is 18.3 Å². The summed E-state index contributed by atoms with van der Waals surface area (Å²) in [5.41, 5.74) is 2.98. The van der Waals surface area contributed by atoms with Crippen molar-refractivity contribution in [3.63, 3.8) is 0 Å². The van der Waals surface area contributed by atoms with Gasteiger partial charge in [-0.05, 0) is 55.5 Å². The maximum Gasteiger partial charge on any atom is 0.226 e. The number of benzene rings is 3. The van der Waals surface area contributed by atoms with Gasteiger partial charge in [-0.15, -0.1) is 0 Å². The van der Waals surface area contributed by atoms with Crippen molar-refractivity contribution in [3.05, 3.63) is 108 Å². The Bertz CT molecular complexity index is 1380. The van der Waals surface area contributed by atoms with Gasteiger partial charge in [0.05, 0.1) is 6.61 Å². The van der Waals surface area contributed by atoms with E-state index in [0.29, 0.717) is 41.3 Å². The van der Waals surface area contributed by atoms with Crippen LogP contribution in [0.5, 0.6) is 11.5 Å². The maximum absolute atomic E-state index is 9.64. The van der Waals surface area contributed by atoms with Gasteiger partial charge < -0.3 is 23.4 Å². The highest BCUT2D eigenvalue weighted by atomic mass is 16.5. The number of aliphatic hydroxyl groups is 1. The minimum Gasteiger partial charge on any atom is -0.487 e. The van der Waals surface area contributed by atoms with Crippen LogP contribution in [-0.4, -0.2) is 15.1 Å². The largest absolute Gasteiger partial charge is 0.487 e. The fourth-order valence-corrected chi connectivity index (χ4v) is 3.52. The Morgan fingerprint density at radius 3 is 1.74 bits per heavy atom. The van der Waals surface area contributed by atoms with Gasteiger partial charge in [-0.25, -0.2) is 9.97 Å². The zero-order valence-electron chi connectivity index (χ0n) is 19.2. The molecule has 0 spiro atoms. The van der Waals surface area contributed by atoms with Gasteiger partial charge in [-0.2, -0.15) is 0 Å². The number of hydrogen-bond acceptors (Lipinski definition) is 7. The third-order valence-electron chi connectivity index (χ3n) is 5.43. The van der Waals surface area contributed by atoms with Crippen molar-refractivity contribution in [1.82, 2.24) is 9.97 Å². The van der Waals surface area contributed by atoms with Gasteiger partial charge in [-0.3, -0.25) is 0 Å². The zero-order valence-corrected chi connectivity index (χ0v) is 19.2. The van der Waals surface area contributed by atoms with E-state index in [0.717, 1.165) is 22.6 Å². The van der Waals surface area contributed by atoms with E-state index in [-0.39, 0.29) is 13.2 Å². The molecule has 0 atom stereocenters. The van der Waals surface area contributed by atoms with Crippen LogP contribution in [0.1, 0.15) is 22.9 Å². The minimum atomic E-state index is -0.227. The molecule has 7 nitrogen and oxygen atoms in total. The van der Waals surface area contributed by atoms with Crippen molar-refractivity contribution >= 4 is 0 Å². The van der Waals surface area contributed by atoms with Crippen LogP contribution in [0.4, 0.5) is 0 Å². The van der Waals surface area contributed by atoms with Gasteiger partial charge >= 0.3 is 0 Å². The summed E-state index contributed by atoms with van der Waals surface area (Å²) < 4.78 is 23.4. The molecule has 0 amide bonds. The van der Waals surface area contributed by atoms with Crippen molar-refractivity contribution in [2.45, 2.75) is 26.7 Å². The molecule has 0 aliphatic heterocycles. The first-order valence-corrected chi connectivity index (χ1v) is 11.2. The molecule has 0 aliphatic carbocycles. The Morgan fingerprint density at radius 1 is 0.657 bits per heavy atom. The summed E-state index contributed by atoms with van der Waals surface area (Å²) >= 11 is 0. The highest BCUT2D eigenvalue weighted by Gasteiger charge is 2.15. The second kappa shape index (κ2) is 10.3. The molecule has 3 aromatic carbocycles. The fourth-order valence-electron chi connectivity index (χ4n) is 3.52. The average molecular weight is 469 g/mol. The van der Waals surface area contributed by atoms with Crippen LogP contribution in [0.2, 0.25) is 0 Å². The lowest BCUT2D eigenvalue weighted by atomic mass is 10.2. The molecule has 2 aromatic heterocycles. The molecule has 0 fully saturated rings. The SMILES string of the molecule is Cc1oc(-c2ccccc2)nc1COc1ccc(OCc2oc(-c3ccccc3)nc2CO)cc1. The standard InChI is InChI=1S/C28H24N2O5/c1-19-25(30-27(34-19)20-8-4-2-5-9-20)17-32-22-12-14-23(15-13-22)33-18-26-24(16-31)29-28(35-26)21-10-6-3-7-11-21/h2-15,31H,16-18H2,1H3. The molecule has 0 bridgehead atoms. The van der Waals surface area contributed by atoms with Crippen molar-refractivity contribution < 1.29 is 23.4 Å². The number of ether oxygens (including phenoxy) is 2. The number of nitrogens with zero attached hydrogens (tertiary/aromatic N) is 2. The minimum absolute atomic E-state index is 0.149. The second-order valence-electron chi connectivity index (χ2n) is 7.85. The van der Waals surface area contributed by atoms with Crippen LogP contribution in [-0.2, 0) is 19.8 Å². The Morgan fingerprint density at radius 2 is 1.17 bits per heavy atom. The van der Waals surface area contributed by atoms with Gasteiger partial charge in [0, 0.05) is 11.1 Å². The summed E-state index contributed by atoms with van der Waals surface area (Å²) in [7, 11) is 0. The summed E-state index contributed by atoms with van der Waals surface area (Å²) in [5, 5.41) is 9.64. The highest BCUT2D eigenvalue weighted by Crippen LogP contribution is 2.26. The molecule has 5 aromatic rings. The van der Waals surface area contributed by atoms with Crippen LogP contribution < -0.4 is 9.47 Å². The molecule has 0 saturated heterocycles. The third kappa shape index (κ3) is 5.26. The third-order valence-corrected chi connectivity index (χ3v) is 5.43. The van der Waals surface area contributed by atoms with Crippen LogP contribution in [0.3, 0.4) is 0 Å². The van der Waals surface area contributed by atoms with Crippen molar-refractivity contribution in [2.75, 3.05) is 0 Å². The molecule has 5 rings (SSSR count). The first kappa shape index (κ1) is 22.4. The molecular weight excluding hydrogens is 444 g/mol. The molecule has 0 aliphatic rings. The summed E-state index contributed by atoms with van der Waals surface area (Å²) in [5.74, 6) is 3.57. The number of aryl methyl sites for hydroxylation is 1. The molecule has 0 unspecified atom stereocenters. The Labute approximate surface area is 202 Å². The number of rotatable bonds is 9. The van der Waals surface area contributed by atoms with E-state index >= 15 is 0 Å². The number of aromatic nitrogens is 2. The molecule has 176 valence electrons. The van der Waals surface area contributed by atoms with Crippen molar-refractivity contribution in [3.8, 4) is 34.4 Å². The molecule has 7 heteroatoms. The maximum atomic E-state index is 9.64. The first-order valence-electron chi connectivity index (χ1n) is 11.2. The fraction of sp³-hybridized carbons (Fsp3) is 0.143. The van der Waals surface area contributed by atoms with Crippen molar-refractivity contribution in [1.29, 1.82) is 0 Å². The normalized spacial score (nSPS) is 10.9. The quantitative estimate of drug-likeness (QED) is 0.286. The van der Waals surface area contributed by atoms with Crippen molar-refractivity contribution in [2.24, 2.45) is 0 Å². The topological polar surface area (TPSA) is 90.8 Å². The molecule has 2 heterocycles. The predicted molar refractivity (Wildman–Crippen MR) is 130 cm³/mol. The summed E-state index contributed by atoms with van der Waals surface area (Å²) in [6, 6.07) is 26.6. The van der Waals surface area contributed by atoms with Gasteiger partial charge in [0.15, 0.2) is 5.76 Å². The van der Waals surface area contributed by atoms with E-state index in [1.54, 1.807) is 0 Å². The predicted octanol–water partition coefficient (Wildman–Crippen LogP) is 5.96. The van der Waals surface area contributed by atoms with Crippen LogP contribution in [0.25, 0.3) is 22.9 Å². The van der Waals surface area contributed by atoms with Gasteiger partial charge in [-0.1, -0.05) is 36.4 Å². The number of oxazole rings is 2. The summed E-state index contributed by atoms with van der Waals surface area (Å²) in [6.07, 6.45) is 0. The van der Waals surface area contributed by atoms with Crippen LogP contribution in [0, 0.1) is 6.92 Å². The van der Waals surface area contributed by atoms with Gasteiger partial charge in [0.2, 0.25) is 11.8 Å². The van der Waals surface area contributed by atoms with Crippen LogP contribution >= 0.6 is 0 Å². The van der Waals surface area contributed by atoms with E-state index in [1.807, 2.05) is 91.9 Å². The molecule has 35 heavy (non-hydrogen) atoms.